The molecule has 1 aromatic rings. The number of non-ortho nitro benzene ring substituents is 1. The van der Waals surface area contributed by atoms with Crippen LogP contribution >= 0.6 is 0 Å². The van der Waals surface area contributed by atoms with E-state index in [-0.39, 0.29) is 11.4 Å². The fourth-order valence-electron chi connectivity index (χ4n) is 4.26. The highest BCUT2D eigenvalue weighted by molar-refractivity contribution is 5.68. The van der Waals surface area contributed by atoms with Crippen LogP contribution in [0, 0.1) is 10.1 Å². The number of nitro benzene ring substituents is 1. The van der Waals surface area contributed by atoms with Gasteiger partial charge in [0.15, 0.2) is 18.5 Å². The van der Waals surface area contributed by atoms with Gasteiger partial charge in [-0.1, -0.05) is 0 Å². The van der Waals surface area contributed by atoms with Crippen molar-refractivity contribution in [1.82, 2.24) is 0 Å². The molecule has 228 valence electrons. The van der Waals surface area contributed by atoms with E-state index in [9.17, 15) is 44.9 Å². The average molecular weight is 590 g/mol. The van der Waals surface area contributed by atoms with Crippen LogP contribution in [0.4, 0.5) is 5.69 Å². The summed E-state index contributed by atoms with van der Waals surface area (Å²) in [5.41, 5.74) is -0.239. The molecule has 2 heterocycles. The largest absolute Gasteiger partial charge is 0.461 e. The molecule has 2 saturated heterocycles. The van der Waals surface area contributed by atoms with Crippen LogP contribution in [0.5, 0.6) is 5.75 Å². The van der Waals surface area contributed by atoms with Crippen LogP contribution in [0.2, 0.25) is 0 Å². The van der Waals surface area contributed by atoms with E-state index in [1.165, 1.54) is 12.1 Å². The smallest absolute Gasteiger partial charge is 0.303 e. The lowest BCUT2D eigenvalue weighted by molar-refractivity contribution is -0.384. The first-order chi connectivity index (χ1) is 19.3. The van der Waals surface area contributed by atoms with Crippen LogP contribution in [-0.2, 0) is 42.8 Å². The van der Waals surface area contributed by atoms with E-state index in [1.807, 2.05) is 0 Å². The van der Waals surface area contributed by atoms with Gasteiger partial charge in [-0.15, -0.1) is 0 Å². The third kappa shape index (κ3) is 8.07. The molecule has 0 aromatic heterocycles. The maximum atomic E-state index is 12.0. The van der Waals surface area contributed by atoms with Gasteiger partial charge in [-0.3, -0.25) is 24.5 Å². The van der Waals surface area contributed by atoms with Crippen molar-refractivity contribution in [3.63, 3.8) is 0 Å². The molecular formula is C24H31NO16. The van der Waals surface area contributed by atoms with Crippen LogP contribution in [0.1, 0.15) is 20.8 Å². The molecule has 41 heavy (non-hydrogen) atoms. The third-order valence-electron chi connectivity index (χ3n) is 6.07. The zero-order chi connectivity index (χ0) is 30.4. The molecule has 10 atom stereocenters. The predicted molar refractivity (Wildman–Crippen MR) is 129 cm³/mol. The highest BCUT2D eigenvalue weighted by atomic mass is 16.7. The van der Waals surface area contributed by atoms with Gasteiger partial charge in [0.05, 0.1) is 18.1 Å². The number of hydrogen-bond donors (Lipinski definition) is 4. The summed E-state index contributed by atoms with van der Waals surface area (Å²) in [6.45, 7) is 1.87. The van der Waals surface area contributed by atoms with Gasteiger partial charge in [0.25, 0.3) is 5.69 Å². The Balaban J connectivity index is 1.93. The van der Waals surface area contributed by atoms with E-state index < -0.39 is 97.5 Å². The first kappa shape index (κ1) is 32.1. The number of aliphatic hydroxyl groups is 4. The summed E-state index contributed by atoms with van der Waals surface area (Å²) in [5.74, 6) is -2.51. The highest BCUT2D eigenvalue weighted by Crippen LogP contribution is 2.32. The second-order valence-electron chi connectivity index (χ2n) is 9.16. The SMILES string of the molecule is CC(=O)OC1C(COC2OC(CO)C(O)C(O)C2O)OC(Oc2ccc([N+](=O)[O-])cc2)C(OC(C)=O)C1OC(C)=O. The third-order valence-corrected chi connectivity index (χ3v) is 6.07. The predicted octanol–water partition coefficient (Wildman–Crippen LogP) is -1.69. The molecule has 17 nitrogen and oxygen atoms in total. The van der Waals surface area contributed by atoms with Gasteiger partial charge in [0.1, 0.15) is 36.3 Å². The van der Waals surface area contributed by atoms with Gasteiger partial charge in [-0.05, 0) is 12.1 Å². The Morgan fingerprint density at radius 3 is 1.88 bits per heavy atom. The minimum absolute atomic E-state index is 0.0267. The standard InChI is InChI=1S/C24H31NO16/c1-10(27)36-20-16(9-35-23-19(32)18(31)17(30)15(8-26)40-23)41-24(22(38-12(3)29)21(20)37-11(2)28)39-14-6-4-13(5-7-14)25(33)34/h4-7,15-24,26,30-32H,8-9H2,1-3H3. The first-order valence-corrected chi connectivity index (χ1v) is 12.3. The van der Waals surface area contributed by atoms with Crippen molar-refractivity contribution in [2.24, 2.45) is 0 Å². The van der Waals surface area contributed by atoms with Crippen molar-refractivity contribution in [1.29, 1.82) is 0 Å². The van der Waals surface area contributed by atoms with Gasteiger partial charge in [0.2, 0.25) is 12.4 Å². The number of esters is 3. The van der Waals surface area contributed by atoms with Crippen LogP contribution < -0.4 is 4.74 Å². The number of carbonyl (C=O) groups excluding carboxylic acids is 3. The molecule has 2 aliphatic heterocycles. The molecule has 2 fully saturated rings. The highest BCUT2D eigenvalue weighted by Gasteiger charge is 2.54. The lowest BCUT2D eigenvalue weighted by atomic mass is 9.97. The molecule has 17 heteroatoms. The molecule has 0 bridgehead atoms. The Morgan fingerprint density at radius 2 is 1.34 bits per heavy atom. The van der Waals surface area contributed by atoms with Crippen molar-refractivity contribution in [3.8, 4) is 5.75 Å². The van der Waals surface area contributed by atoms with Crippen molar-refractivity contribution in [2.45, 2.75) is 82.2 Å². The summed E-state index contributed by atoms with van der Waals surface area (Å²) in [6.07, 6.45) is -15.5. The van der Waals surface area contributed by atoms with Crippen LogP contribution in [0.25, 0.3) is 0 Å². The Hall–Kier alpha value is -3.45. The number of nitro groups is 1. The first-order valence-electron chi connectivity index (χ1n) is 12.3. The number of rotatable bonds is 10. The van der Waals surface area contributed by atoms with Crippen molar-refractivity contribution in [2.75, 3.05) is 13.2 Å². The molecule has 0 amide bonds. The Bertz CT molecular complexity index is 1080. The van der Waals surface area contributed by atoms with E-state index >= 15 is 0 Å². The van der Waals surface area contributed by atoms with Crippen LogP contribution in [-0.4, -0.2) is 118 Å². The molecule has 1 aromatic carbocycles. The zero-order valence-electron chi connectivity index (χ0n) is 22.1. The number of carbonyl (C=O) groups is 3. The van der Waals surface area contributed by atoms with Crippen LogP contribution in [0.3, 0.4) is 0 Å². The molecular weight excluding hydrogens is 558 g/mol. The van der Waals surface area contributed by atoms with E-state index in [0.29, 0.717) is 0 Å². The normalized spacial score (nSPS) is 33.3. The van der Waals surface area contributed by atoms with Gasteiger partial charge in [0, 0.05) is 32.9 Å². The fraction of sp³-hybridized carbons (Fsp3) is 0.625. The fourth-order valence-corrected chi connectivity index (χ4v) is 4.26. The summed E-state index contributed by atoms with van der Waals surface area (Å²) >= 11 is 0. The van der Waals surface area contributed by atoms with Gasteiger partial charge in [-0.25, -0.2) is 0 Å². The van der Waals surface area contributed by atoms with E-state index in [4.69, 9.17) is 33.2 Å². The summed E-state index contributed by atoms with van der Waals surface area (Å²) < 4.78 is 38.6. The number of nitrogens with zero attached hydrogens (tertiary/aromatic N) is 1. The van der Waals surface area contributed by atoms with E-state index in [1.54, 1.807) is 0 Å². The summed E-state index contributed by atoms with van der Waals surface area (Å²) in [4.78, 5) is 46.3. The maximum absolute atomic E-state index is 12.0. The van der Waals surface area contributed by atoms with Crippen molar-refractivity contribution in [3.05, 3.63) is 34.4 Å². The van der Waals surface area contributed by atoms with Gasteiger partial charge in [-0.2, -0.15) is 0 Å². The van der Waals surface area contributed by atoms with Crippen molar-refractivity contribution < 1.29 is 72.9 Å². The topological polar surface area (TPSA) is 240 Å². The minimum Gasteiger partial charge on any atom is -0.461 e. The monoisotopic (exact) mass is 589 g/mol. The Labute approximate surface area is 232 Å². The summed E-state index contributed by atoms with van der Waals surface area (Å²) in [6, 6.07) is 4.77. The Morgan fingerprint density at radius 1 is 0.805 bits per heavy atom. The average Bonchev–Trinajstić information content (AvgIpc) is 2.90. The number of aliphatic hydroxyl groups excluding tert-OH is 4. The molecule has 0 saturated carbocycles. The van der Waals surface area contributed by atoms with Crippen molar-refractivity contribution >= 4 is 23.6 Å². The second kappa shape index (κ2) is 13.9. The Kier molecular flexibility index (Phi) is 10.9. The molecule has 0 aliphatic carbocycles. The number of benzene rings is 1. The number of hydrogen-bond acceptors (Lipinski definition) is 16. The zero-order valence-corrected chi connectivity index (χ0v) is 22.1. The molecule has 0 radical (unpaired) electrons. The van der Waals surface area contributed by atoms with Gasteiger partial charge >= 0.3 is 17.9 Å². The lowest BCUT2D eigenvalue weighted by Gasteiger charge is -2.45. The summed E-state index contributed by atoms with van der Waals surface area (Å²) in [5, 5.41) is 50.8. The molecule has 4 N–H and O–H groups in total. The quantitative estimate of drug-likeness (QED) is 0.103. The minimum atomic E-state index is -1.77. The lowest BCUT2D eigenvalue weighted by Crippen LogP contribution is -2.64. The van der Waals surface area contributed by atoms with Crippen LogP contribution in [0.15, 0.2) is 24.3 Å². The molecule has 10 unspecified atom stereocenters. The van der Waals surface area contributed by atoms with Gasteiger partial charge < -0.3 is 53.6 Å². The maximum Gasteiger partial charge on any atom is 0.303 e. The summed E-state index contributed by atoms with van der Waals surface area (Å²) in [7, 11) is 0. The molecule has 2 aliphatic rings. The second-order valence-corrected chi connectivity index (χ2v) is 9.16. The number of ether oxygens (including phenoxy) is 7. The molecule has 0 spiro atoms. The molecule has 3 rings (SSSR count). The van der Waals surface area contributed by atoms with E-state index in [2.05, 4.69) is 0 Å². The van der Waals surface area contributed by atoms with E-state index in [0.717, 1.165) is 32.9 Å².